The predicted octanol–water partition coefficient (Wildman–Crippen LogP) is 6.39. The van der Waals surface area contributed by atoms with Crippen LogP contribution in [0.5, 0.6) is 5.75 Å². The fourth-order valence-corrected chi connectivity index (χ4v) is 9.42. The van der Waals surface area contributed by atoms with E-state index in [9.17, 15) is 19.2 Å². The summed E-state index contributed by atoms with van der Waals surface area (Å²) < 4.78 is 27.0. The molecule has 0 aliphatic carbocycles. The number of amides is 4. The lowest BCUT2D eigenvalue weighted by Crippen LogP contribution is -2.55. The van der Waals surface area contributed by atoms with Gasteiger partial charge in [0.05, 0.1) is 61.9 Å². The van der Waals surface area contributed by atoms with Crippen LogP contribution in [0.25, 0.3) is 44.2 Å². The molecule has 2 aromatic heterocycles. The summed E-state index contributed by atoms with van der Waals surface area (Å²) in [5.74, 6) is 1.56. The number of likely N-dealkylation sites (tertiary alicyclic amines) is 2. The topological polar surface area (TPSA) is 202 Å². The van der Waals surface area contributed by atoms with Gasteiger partial charge in [-0.05, 0) is 85.9 Å². The summed E-state index contributed by atoms with van der Waals surface area (Å²) in [4.78, 5) is 72.9. The Hall–Kier alpha value is -6.20. The maximum atomic E-state index is 14.1. The monoisotopic (exact) mass is 864 g/mol. The number of benzene rings is 3. The molecule has 4 amide bonds. The van der Waals surface area contributed by atoms with Crippen molar-refractivity contribution in [3.63, 3.8) is 0 Å². The van der Waals surface area contributed by atoms with Gasteiger partial charge in [-0.3, -0.25) is 9.59 Å². The van der Waals surface area contributed by atoms with E-state index in [1.165, 1.54) is 21.3 Å². The molecule has 0 bridgehead atoms. The number of ether oxygens (including phenoxy) is 5. The number of carbonyl (C=O) groups excluding carboxylic acids is 4. The van der Waals surface area contributed by atoms with Crippen LogP contribution in [0.1, 0.15) is 76.3 Å². The molecule has 17 heteroatoms. The lowest BCUT2D eigenvalue weighted by atomic mass is 9.92. The van der Waals surface area contributed by atoms with E-state index >= 15 is 0 Å². The highest BCUT2D eigenvalue weighted by Crippen LogP contribution is 2.44. The number of nitrogens with one attached hydrogen (secondary N) is 4. The van der Waals surface area contributed by atoms with Crippen LogP contribution < -0.4 is 15.4 Å². The third-order valence-corrected chi connectivity index (χ3v) is 12.9. The van der Waals surface area contributed by atoms with Crippen LogP contribution in [-0.2, 0) is 35.1 Å². The molecule has 7 atom stereocenters. The molecule has 2 fully saturated rings. The van der Waals surface area contributed by atoms with Crippen molar-refractivity contribution < 1.29 is 42.9 Å². The van der Waals surface area contributed by atoms with Gasteiger partial charge in [0, 0.05) is 49.2 Å². The molecule has 3 aromatic carbocycles. The minimum atomic E-state index is -0.936. The van der Waals surface area contributed by atoms with Crippen molar-refractivity contribution in [2.45, 2.75) is 89.9 Å². The molecular weight excluding hydrogens is 809 g/mol. The molecule has 4 N–H and O–H groups in total. The second-order valence-corrected chi connectivity index (χ2v) is 17.2. The van der Waals surface area contributed by atoms with E-state index in [4.69, 9.17) is 33.7 Å². The number of imidazole rings is 2. The Morgan fingerprint density at radius 3 is 2.35 bits per heavy atom. The first-order valence-corrected chi connectivity index (χ1v) is 21.4. The van der Waals surface area contributed by atoms with E-state index in [1.807, 2.05) is 39.0 Å². The van der Waals surface area contributed by atoms with Crippen LogP contribution in [0.2, 0.25) is 0 Å². The van der Waals surface area contributed by atoms with Crippen LogP contribution in [-0.4, -0.2) is 120 Å². The molecule has 0 unspecified atom stereocenters. The van der Waals surface area contributed by atoms with Crippen LogP contribution >= 0.6 is 0 Å². The number of hydrogen-bond acceptors (Lipinski definition) is 11. The number of nitrogens with zero attached hydrogens (tertiary/aromatic N) is 4. The molecule has 17 nitrogen and oxygen atoms in total. The Morgan fingerprint density at radius 2 is 1.63 bits per heavy atom. The molecule has 0 saturated carbocycles. The number of methoxy groups -OCH3 is 4. The minimum absolute atomic E-state index is 0.0819. The number of carbonyl (C=O) groups is 4. The van der Waals surface area contributed by atoms with E-state index in [2.05, 4.69) is 44.9 Å². The SMILES string of the molecule is COC[C@H]1C[C@@H](c2ncc(-c3ccc4c(c3)OCc3cc5c(ccc6[nH]c([C@@H]7CC[C@H](C)N7C(=O)[C@@H](NC(=O)OC)[C@@H](C)OC)nc65)cc3-4)[nH]2)N(C(=O)[C@@H](NC(=O)OC)C(C)C)C1. The molecule has 2 saturated heterocycles. The van der Waals surface area contributed by atoms with Gasteiger partial charge in [-0.1, -0.05) is 26.0 Å². The number of fused-ring (bicyclic) bond motifs is 6. The molecule has 5 aromatic rings. The Bertz CT molecular complexity index is 2540. The highest BCUT2D eigenvalue weighted by Gasteiger charge is 2.43. The summed E-state index contributed by atoms with van der Waals surface area (Å²) in [7, 11) is 5.70. The summed E-state index contributed by atoms with van der Waals surface area (Å²) >= 11 is 0. The van der Waals surface area contributed by atoms with Gasteiger partial charge in [0.15, 0.2) is 0 Å². The zero-order valence-corrected chi connectivity index (χ0v) is 36.9. The normalized spacial score (nSPS) is 20.8. The lowest BCUT2D eigenvalue weighted by Gasteiger charge is -2.33. The van der Waals surface area contributed by atoms with Gasteiger partial charge >= 0.3 is 12.2 Å². The van der Waals surface area contributed by atoms with Gasteiger partial charge in [-0.15, -0.1) is 0 Å². The van der Waals surface area contributed by atoms with E-state index in [1.54, 1.807) is 30.0 Å². The maximum absolute atomic E-state index is 14.1. The van der Waals surface area contributed by atoms with Crippen LogP contribution in [0.4, 0.5) is 9.59 Å². The fourth-order valence-electron chi connectivity index (χ4n) is 9.42. The van der Waals surface area contributed by atoms with Crippen LogP contribution in [0.3, 0.4) is 0 Å². The van der Waals surface area contributed by atoms with Gasteiger partial charge < -0.3 is 54.1 Å². The Balaban J connectivity index is 1.05. The Kier molecular flexibility index (Phi) is 12.3. The van der Waals surface area contributed by atoms with Crippen molar-refractivity contribution in [3.05, 3.63) is 65.9 Å². The number of aromatic nitrogens is 4. The van der Waals surface area contributed by atoms with E-state index < -0.39 is 30.4 Å². The zero-order chi connectivity index (χ0) is 44.7. The Morgan fingerprint density at radius 1 is 0.873 bits per heavy atom. The molecule has 3 aliphatic rings. The van der Waals surface area contributed by atoms with E-state index in [0.717, 1.165) is 61.9 Å². The van der Waals surface area contributed by atoms with Crippen molar-refractivity contribution in [2.24, 2.45) is 11.8 Å². The summed E-state index contributed by atoms with van der Waals surface area (Å²) in [6, 6.07) is 12.1. The van der Waals surface area contributed by atoms with Gasteiger partial charge in [0.2, 0.25) is 11.8 Å². The first-order valence-electron chi connectivity index (χ1n) is 21.4. The van der Waals surface area contributed by atoms with E-state index in [0.29, 0.717) is 44.2 Å². The van der Waals surface area contributed by atoms with Crippen molar-refractivity contribution in [1.29, 1.82) is 0 Å². The average molecular weight is 865 g/mol. The molecule has 0 spiro atoms. The second kappa shape index (κ2) is 17.9. The zero-order valence-electron chi connectivity index (χ0n) is 36.9. The first kappa shape index (κ1) is 43.4. The van der Waals surface area contributed by atoms with Crippen molar-refractivity contribution in [3.8, 4) is 28.1 Å². The third kappa shape index (κ3) is 8.26. The lowest BCUT2D eigenvalue weighted by molar-refractivity contribution is -0.139. The summed E-state index contributed by atoms with van der Waals surface area (Å²) in [6.45, 7) is 8.85. The largest absolute Gasteiger partial charge is 0.488 e. The van der Waals surface area contributed by atoms with Gasteiger partial charge in [-0.2, -0.15) is 0 Å². The number of alkyl carbamates (subject to hydrolysis) is 2. The molecule has 3 aliphatic heterocycles. The molecule has 334 valence electrons. The number of aromatic amines is 2. The van der Waals surface area contributed by atoms with Crippen LogP contribution in [0.15, 0.2) is 48.7 Å². The third-order valence-electron chi connectivity index (χ3n) is 12.9. The Labute approximate surface area is 365 Å². The molecule has 5 heterocycles. The maximum Gasteiger partial charge on any atom is 0.407 e. The first-order chi connectivity index (χ1) is 30.3. The number of rotatable bonds is 12. The molecule has 63 heavy (non-hydrogen) atoms. The van der Waals surface area contributed by atoms with Crippen molar-refractivity contribution >= 4 is 45.8 Å². The van der Waals surface area contributed by atoms with Gasteiger partial charge in [-0.25, -0.2) is 19.6 Å². The second-order valence-electron chi connectivity index (χ2n) is 17.2. The quantitative estimate of drug-likeness (QED) is 0.108. The van der Waals surface area contributed by atoms with Gasteiger partial charge in [0.1, 0.15) is 36.1 Å². The standard InChI is InChI=1S/C46H56N8O9/c1-23(2)38(51-45(57)61-7)43(55)53-20-26(21-59-5)15-36(53)41-47-19-34(49-41)28-10-12-30-31-16-27-11-13-33-40(32(27)17-29(31)22-63-37(30)18-28)50-42(48-33)35-14-9-24(3)54(35)44(56)39(25(4)60-6)52-46(58)62-8/h10-13,16-19,23-26,35-36,38-39H,9,14-15,20-22H2,1-8H3,(H,47,49)(H,48,50)(H,51,57)(H,52,58)/t24-,25+,26-,35-,36-,38-,39-/m0/s1. The van der Waals surface area contributed by atoms with Crippen LogP contribution in [0, 0.1) is 11.8 Å². The van der Waals surface area contributed by atoms with Crippen molar-refractivity contribution in [1.82, 2.24) is 40.4 Å². The summed E-state index contributed by atoms with van der Waals surface area (Å²) in [6.07, 6.45) is 1.98. The van der Waals surface area contributed by atoms with E-state index in [-0.39, 0.29) is 41.8 Å². The van der Waals surface area contributed by atoms with Crippen molar-refractivity contribution in [2.75, 3.05) is 41.6 Å². The smallest absolute Gasteiger partial charge is 0.407 e. The molecule has 0 radical (unpaired) electrons. The summed E-state index contributed by atoms with van der Waals surface area (Å²) in [5, 5.41) is 7.37. The highest BCUT2D eigenvalue weighted by atomic mass is 16.5. The summed E-state index contributed by atoms with van der Waals surface area (Å²) in [5.41, 5.74) is 6.39. The molecule has 8 rings (SSSR count). The number of hydrogen-bond donors (Lipinski definition) is 4. The predicted molar refractivity (Wildman–Crippen MR) is 234 cm³/mol. The minimum Gasteiger partial charge on any atom is -0.488 e. The average Bonchev–Trinajstić information content (AvgIpc) is 4.11. The van der Waals surface area contributed by atoms with Gasteiger partial charge in [0.25, 0.3) is 0 Å². The fraction of sp³-hybridized carbons (Fsp3) is 0.478. The number of H-pyrrole nitrogens is 2. The highest BCUT2D eigenvalue weighted by molar-refractivity contribution is 6.06. The molecular formula is C46H56N8O9.